The Kier molecular flexibility index (Phi) is 6.87. The molecule has 1 aromatic rings. The Labute approximate surface area is 125 Å². The topological polar surface area (TPSA) is 141 Å². The molecule has 4 N–H and O–H groups in total. The number of H-pyrrole nitrogens is 2. The Bertz CT molecular complexity index is 633. The fourth-order valence-corrected chi connectivity index (χ4v) is 1.78. The summed E-state index contributed by atoms with van der Waals surface area (Å²) in [5.41, 5.74) is -2.38. The monoisotopic (exact) mass is 313 g/mol. The highest BCUT2D eigenvalue weighted by Gasteiger charge is 2.16. The first kappa shape index (κ1) is 17.5. The van der Waals surface area contributed by atoms with Gasteiger partial charge < -0.3 is 15.2 Å². The molecule has 1 aromatic heterocycles. The number of carbonyl (C=O) groups is 2. The summed E-state index contributed by atoms with van der Waals surface area (Å²) in [5.74, 6) is -1.80. The van der Waals surface area contributed by atoms with Crippen molar-refractivity contribution in [2.45, 2.75) is 32.6 Å². The molecule has 122 valence electrons. The summed E-state index contributed by atoms with van der Waals surface area (Å²) in [7, 11) is 0. The second-order valence-electron chi connectivity index (χ2n) is 4.50. The van der Waals surface area contributed by atoms with Crippen molar-refractivity contribution in [1.29, 1.82) is 0 Å². The first-order chi connectivity index (χ1) is 10.5. The smallest absolute Gasteiger partial charge is 0.328 e. The summed E-state index contributed by atoms with van der Waals surface area (Å²) in [6.45, 7) is 2.37. The Hall–Kier alpha value is -2.58. The van der Waals surface area contributed by atoms with E-state index in [0.29, 0.717) is 32.3 Å². The highest BCUT2D eigenvalue weighted by atomic mass is 16.5. The van der Waals surface area contributed by atoms with Crippen LogP contribution in [0.1, 0.15) is 43.0 Å². The molecule has 22 heavy (non-hydrogen) atoms. The van der Waals surface area contributed by atoms with Gasteiger partial charge in [0.15, 0.2) is 5.56 Å². The number of esters is 1. The number of aromatic nitrogens is 2. The molecule has 1 rings (SSSR count). The largest absolute Gasteiger partial charge is 0.494 e. The molecule has 0 aliphatic carbocycles. The van der Waals surface area contributed by atoms with Gasteiger partial charge >= 0.3 is 11.7 Å². The predicted octanol–water partition coefficient (Wildman–Crippen LogP) is -0.378. The molecule has 0 aliphatic heterocycles. The van der Waals surface area contributed by atoms with E-state index in [9.17, 15) is 24.3 Å². The lowest BCUT2D eigenvalue weighted by molar-refractivity contribution is -0.143. The van der Waals surface area contributed by atoms with Gasteiger partial charge in [0.05, 0.1) is 6.61 Å². The molecule has 9 heteroatoms. The summed E-state index contributed by atoms with van der Waals surface area (Å²) < 4.78 is 4.78. The molecule has 0 fully saturated rings. The Morgan fingerprint density at radius 3 is 2.55 bits per heavy atom. The minimum absolute atomic E-state index is 0.253. The molecule has 0 saturated heterocycles. The first-order valence-corrected chi connectivity index (χ1v) is 6.95. The van der Waals surface area contributed by atoms with Crippen molar-refractivity contribution in [3.8, 4) is 5.88 Å². The third-order valence-corrected chi connectivity index (χ3v) is 2.80. The number of hydrogen-bond donors (Lipinski definition) is 4. The highest BCUT2D eigenvalue weighted by molar-refractivity contribution is 5.95. The van der Waals surface area contributed by atoms with Crippen LogP contribution < -0.4 is 16.6 Å². The normalized spacial score (nSPS) is 10.2. The number of aromatic amines is 2. The number of hydrogen-bond acceptors (Lipinski definition) is 6. The summed E-state index contributed by atoms with van der Waals surface area (Å²) >= 11 is 0. The molecule has 0 unspecified atom stereocenters. The van der Waals surface area contributed by atoms with Crippen molar-refractivity contribution in [3.05, 3.63) is 26.4 Å². The second-order valence-corrected chi connectivity index (χ2v) is 4.50. The van der Waals surface area contributed by atoms with Crippen LogP contribution in [0.4, 0.5) is 0 Å². The van der Waals surface area contributed by atoms with E-state index in [-0.39, 0.29) is 12.5 Å². The maximum atomic E-state index is 11.7. The number of rotatable bonds is 8. The lowest BCUT2D eigenvalue weighted by Gasteiger charge is -2.05. The third-order valence-electron chi connectivity index (χ3n) is 2.80. The van der Waals surface area contributed by atoms with Gasteiger partial charge in [-0.1, -0.05) is 6.42 Å². The van der Waals surface area contributed by atoms with Crippen LogP contribution in [-0.2, 0) is 9.53 Å². The van der Waals surface area contributed by atoms with Crippen LogP contribution in [0.25, 0.3) is 0 Å². The molecular formula is C13H19N3O6. The predicted molar refractivity (Wildman–Crippen MR) is 76.8 cm³/mol. The van der Waals surface area contributed by atoms with E-state index in [2.05, 4.69) is 5.32 Å². The summed E-state index contributed by atoms with van der Waals surface area (Å²) in [6, 6.07) is 0. The molecule has 0 bridgehead atoms. The SMILES string of the molecule is CCOC(=O)CCCCCNC(=O)c1c(O)[nH]c(=O)[nH]c1=O. The first-order valence-electron chi connectivity index (χ1n) is 6.95. The third kappa shape index (κ3) is 5.43. The van der Waals surface area contributed by atoms with Gasteiger partial charge in [0.2, 0.25) is 5.88 Å². The standard InChI is InChI=1S/C13H19N3O6/c1-2-22-8(17)6-4-3-5-7-14-10(18)9-11(19)15-13(21)16-12(9)20/h2-7H2,1H3,(H,14,18)(H3,15,16,19,20,21). The molecule has 0 aromatic carbocycles. The number of amides is 1. The molecule has 0 radical (unpaired) electrons. The minimum atomic E-state index is -0.957. The zero-order chi connectivity index (χ0) is 16.5. The number of ether oxygens (including phenoxy) is 1. The Morgan fingerprint density at radius 2 is 1.91 bits per heavy atom. The van der Waals surface area contributed by atoms with Crippen LogP contribution >= 0.6 is 0 Å². The summed E-state index contributed by atoms with van der Waals surface area (Å²) in [6.07, 6.45) is 2.27. The Balaban J connectivity index is 2.34. The van der Waals surface area contributed by atoms with Gasteiger partial charge in [-0.2, -0.15) is 0 Å². The molecule has 0 spiro atoms. The molecule has 1 heterocycles. The van der Waals surface area contributed by atoms with Gasteiger partial charge in [0.1, 0.15) is 0 Å². The fraction of sp³-hybridized carbons (Fsp3) is 0.538. The molecular weight excluding hydrogens is 294 g/mol. The highest BCUT2D eigenvalue weighted by Crippen LogP contribution is 2.05. The Morgan fingerprint density at radius 1 is 1.18 bits per heavy atom. The van der Waals surface area contributed by atoms with Gasteiger partial charge in [-0.3, -0.25) is 24.4 Å². The average Bonchev–Trinajstić information content (AvgIpc) is 2.41. The minimum Gasteiger partial charge on any atom is -0.494 e. The lowest BCUT2D eigenvalue weighted by atomic mass is 10.2. The van der Waals surface area contributed by atoms with E-state index in [0.717, 1.165) is 0 Å². The number of carbonyl (C=O) groups excluding carboxylic acids is 2. The quantitative estimate of drug-likeness (QED) is 0.381. The zero-order valence-corrected chi connectivity index (χ0v) is 12.2. The van der Waals surface area contributed by atoms with E-state index in [1.54, 1.807) is 6.92 Å². The van der Waals surface area contributed by atoms with Crippen LogP contribution in [0.2, 0.25) is 0 Å². The summed E-state index contributed by atoms with van der Waals surface area (Å²) in [5, 5.41) is 11.9. The molecule has 0 atom stereocenters. The van der Waals surface area contributed by atoms with Gasteiger partial charge in [0.25, 0.3) is 11.5 Å². The summed E-state index contributed by atoms with van der Waals surface area (Å²) in [4.78, 5) is 48.9. The van der Waals surface area contributed by atoms with Crippen LogP contribution in [0.5, 0.6) is 5.88 Å². The van der Waals surface area contributed by atoms with Crippen molar-refractivity contribution < 1.29 is 19.4 Å². The van der Waals surface area contributed by atoms with Gasteiger partial charge in [0, 0.05) is 13.0 Å². The van der Waals surface area contributed by atoms with Crippen LogP contribution in [-0.4, -0.2) is 40.1 Å². The molecule has 1 amide bonds. The molecule has 0 saturated carbocycles. The average molecular weight is 313 g/mol. The van der Waals surface area contributed by atoms with E-state index >= 15 is 0 Å². The second kappa shape index (κ2) is 8.65. The van der Waals surface area contributed by atoms with Crippen LogP contribution in [0.3, 0.4) is 0 Å². The van der Waals surface area contributed by atoms with E-state index < -0.39 is 28.6 Å². The molecule has 9 nitrogen and oxygen atoms in total. The zero-order valence-electron chi connectivity index (χ0n) is 12.2. The molecule has 0 aliphatic rings. The maximum Gasteiger partial charge on any atom is 0.328 e. The van der Waals surface area contributed by atoms with E-state index in [4.69, 9.17) is 4.74 Å². The number of aromatic hydroxyl groups is 1. The van der Waals surface area contributed by atoms with Gasteiger partial charge in [-0.15, -0.1) is 0 Å². The van der Waals surface area contributed by atoms with Crippen molar-refractivity contribution in [2.75, 3.05) is 13.2 Å². The van der Waals surface area contributed by atoms with E-state index in [1.807, 2.05) is 9.97 Å². The van der Waals surface area contributed by atoms with Crippen molar-refractivity contribution in [3.63, 3.8) is 0 Å². The lowest BCUT2D eigenvalue weighted by Crippen LogP contribution is -2.34. The van der Waals surface area contributed by atoms with Crippen molar-refractivity contribution >= 4 is 11.9 Å². The van der Waals surface area contributed by atoms with E-state index in [1.165, 1.54) is 0 Å². The van der Waals surface area contributed by atoms with Gasteiger partial charge in [-0.05, 0) is 19.8 Å². The van der Waals surface area contributed by atoms with Crippen LogP contribution in [0, 0.1) is 0 Å². The maximum absolute atomic E-state index is 11.7. The van der Waals surface area contributed by atoms with Crippen molar-refractivity contribution in [1.82, 2.24) is 15.3 Å². The fourth-order valence-electron chi connectivity index (χ4n) is 1.78. The number of unbranched alkanes of at least 4 members (excludes halogenated alkanes) is 2. The van der Waals surface area contributed by atoms with Crippen molar-refractivity contribution in [2.24, 2.45) is 0 Å². The number of nitrogens with one attached hydrogen (secondary N) is 3. The van der Waals surface area contributed by atoms with Crippen LogP contribution in [0.15, 0.2) is 9.59 Å². The van der Waals surface area contributed by atoms with Gasteiger partial charge in [-0.25, -0.2) is 4.79 Å².